The van der Waals surface area contributed by atoms with Crippen molar-refractivity contribution in [3.05, 3.63) is 53.9 Å². The highest BCUT2D eigenvalue weighted by Gasteiger charge is 2.48. The molecule has 2 aliphatic heterocycles. The Morgan fingerprint density at radius 1 is 1.14 bits per heavy atom. The van der Waals surface area contributed by atoms with Crippen molar-refractivity contribution < 1.29 is 19.2 Å². The number of carbonyl (C=O) groups excluding carboxylic acids is 4. The molecule has 1 aromatic carbocycles. The third-order valence-electron chi connectivity index (χ3n) is 5.57. The normalized spacial score (nSPS) is 21.3. The lowest BCUT2D eigenvalue weighted by Crippen LogP contribution is -2.50. The molecule has 2 aromatic rings. The van der Waals surface area contributed by atoms with Crippen molar-refractivity contribution in [2.45, 2.75) is 31.8 Å². The van der Waals surface area contributed by atoms with Gasteiger partial charge in [0.15, 0.2) is 5.78 Å². The maximum Gasteiger partial charge on any atom is 0.332 e. The molecule has 0 radical (unpaired) electrons. The van der Waals surface area contributed by atoms with Crippen molar-refractivity contribution in [2.75, 3.05) is 11.4 Å². The van der Waals surface area contributed by atoms with E-state index in [2.05, 4.69) is 5.32 Å². The van der Waals surface area contributed by atoms with Crippen molar-refractivity contribution in [1.29, 1.82) is 0 Å². The Labute approximate surface area is 168 Å². The molecule has 2 saturated heterocycles. The van der Waals surface area contributed by atoms with Crippen molar-refractivity contribution in [3.63, 3.8) is 0 Å². The zero-order valence-electron chi connectivity index (χ0n) is 16.3. The van der Waals surface area contributed by atoms with Crippen molar-refractivity contribution in [3.8, 4) is 0 Å². The summed E-state index contributed by atoms with van der Waals surface area (Å²) in [6, 6.07) is 8.86. The standard InChI is InChI=1S/C21H22N4O4/c1-13(26)14-5-3-6-16(11-14)25-20(28)18-12-15(8-10-24(18)21(25)29)22-19(27)17-7-4-9-23(17)2/h3-7,9,11,15,18H,8,10,12H2,1-2H3,(H,22,27). The lowest BCUT2D eigenvalue weighted by Gasteiger charge is -2.32. The van der Waals surface area contributed by atoms with E-state index in [1.54, 1.807) is 59.1 Å². The second-order valence-electron chi connectivity index (χ2n) is 7.47. The smallest absolute Gasteiger partial charge is 0.332 e. The van der Waals surface area contributed by atoms with Crippen LogP contribution in [0.3, 0.4) is 0 Å². The second kappa shape index (κ2) is 7.20. The van der Waals surface area contributed by atoms with Crippen LogP contribution in [-0.4, -0.2) is 51.7 Å². The number of hydrogen-bond donors (Lipinski definition) is 1. The molecule has 1 aromatic heterocycles. The number of imide groups is 1. The fraction of sp³-hybridized carbons (Fsp3) is 0.333. The SMILES string of the molecule is CC(=O)c1cccc(N2C(=O)C3CC(NC(=O)c4cccn4C)CCN3C2=O)c1. The monoisotopic (exact) mass is 394 g/mol. The van der Waals surface area contributed by atoms with Crippen LogP contribution in [0.4, 0.5) is 10.5 Å². The van der Waals surface area contributed by atoms with Crippen LogP contribution in [0.5, 0.6) is 0 Å². The number of hydrogen-bond acceptors (Lipinski definition) is 4. The van der Waals surface area contributed by atoms with Crippen LogP contribution in [0.25, 0.3) is 0 Å². The summed E-state index contributed by atoms with van der Waals surface area (Å²) in [5, 5.41) is 2.98. The molecule has 8 nitrogen and oxygen atoms in total. The lowest BCUT2D eigenvalue weighted by molar-refractivity contribution is -0.120. The third kappa shape index (κ3) is 3.30. The topological polar surface area (TPSA) is 91.7 Å². The van der Waals surface area contributed by atoms with Gasteiger partial charge in [0.1, 0.15) is 11.7 Å². The second-order valence-corrected chi connectivity index (χ2v) is 7.47. The Kier molecular flexibility index (Phi) is 4.70. The number of urea groups is 1. The first-order valence-electron chi connectivity index (χ1n) is 9.54. The van der Waals surface area contributed by atoms with Gasteiger partial charge in [0.05, 0.1) is 5.69 Å². The number of ketones is 1. The molecule has 2 fully saturated rings. The minimum absolute atomic E-state index is 0.132. The van der Waals surface area contributed by atoms with Gasteiger partial charge in [-0.1, -0.05) is 12.1 Å². The third-order valence-corrected chi connectivity index (χ3v) is 5.57. The summed E-state index contributed by atoms with van der Waals surface area (Å²) in [4.78, 5) is 52.7. The van der Waals surface area contributed by atoms with Gasteiger partial charge in [-0.05, 0) is 44.0 Å². The van der Waals surface area contributed by atoms with Gasteiger partial charge in [0, 0.05) is 31.4 Å². The number of piperidine rings is 1. The van der Waals surface area contributed by atoms with Crippen LogP contribution < -0.4 is 10.2 Å². The minimum atomic E-state index is -0.615. The molecule has 8 heteroatoms. The molecule has 2 aliphatic rings. The van der Waals surface area contributed by atoms with E-state index in [1.807, 2.05) is 0 Å². The fourth-order valence-corrected chi connectivity index (χ4v) is 3.99. The van der Waals surface area contributed by atoms with Gasteiger partial charge in [-0.25, -0.2) is 9.69 Å². The van der Waals surface area contributed by atoms with Gasteiger partial charge in [0.2, 0.25) is 0 Å². The summed E-state index contributed by atoms with van der Waals surface area (Å²) in [6.07, 6.45) is 2.74. The average Bonchev–Trinajstić information content (AvgIpc) is 3.23. The largest absolute Gasteiger partial charge is 0.348 e. The number of nitrogens with one attached hydrogen (secondary N) is 1. The Morgan fingerprint density at radius 2 is 1.93 bits per heavy atom. The number of aromatic nitrogens is 1. The highest BCUT2D eigenvalue weighted by atomic mass is 16.2. The molecule has 1 N–H and O–H groups in total. The van der Waals surface area contributed by atoms with Crippen LogP contribution in [0, 0.1) is 0 Å². The summed E-state index contributed by atoms with van der Waals surface area (Å²) < 4.78 is 1.73. The van der Waals surface area contributed by atoms with Crippen LogP contribution in [0.15, 0.2) is 42.6 Å². The van der Waals surface area contributed by atoms with Crippen LogP contribution >= 0.6 is 0 Å². The predicted octanol–water partition coefficient (Wildman–Crippen LogP) is 1.96. The number of carbonyl (C=O) groups is 4. The molecule has 29 heavy (non-hydrogen) atoms. The molecule has 2 atom stereocenters. The van der Waals surface area contributed by atoms with E-state index in [9.17, 15) is 19.2 Å². The first-order chi connectivity index (χ1) is 13.9. The molecular formula is C21H22N4O4. The van der Waals surface area contributed by atoms with E-state index >= 15 is 0 Å². The molecule has 0 spiro atoms. The molecule has 0 saturated carbocycles. The van der Waals surface area contributed by atoms with Crippen LogP contribution in [0.1, 0.15) is 40.6 Å². The average molecular weight is 394 g/mol. The maximum atomic E-state index is 13.0. The summed E-state index contributed by atoms with van der Waals surface area (Å²) >= 11 is 0. The van der Waals surface area contributed by atoms with Crippen LogP contribution in [-0.2, 0) is 11.8 Å². The van der Waals surface area contributed by atoms with Crippen molar-refractivity contribution in [1.82, 2.24) is 14.8 Å². The first kappa shape index (κ1) is 18.9. The van der Waals surface area contributed by atoms with E-state index in [1.165, 1.54) is 6.92 Å². The number of nitrogens with zero attached hydrogens (tertiary/aromatic N) is 3. The lowest BCUT2D eigenvalue weighted by atomic mass is 9.97. The Morgan fingerprint density at radius 3 is 2.62 bits per heavy atom. The highest BCUT2D eigenvalue weighted by Crippen LogP contribution is 2.31. The van der Waals surface area contributed by atoms with Crippen molar-refractivity contribution >= 4 is 29.3 Å². The van der Waals surface area contributed by atoms with Gasteiger partial charge in [-0.3, -0.25) is 14.4 Å². The Bertz CT molecular complexity index is 1010. The van der Waals surface area contributed by atoms with E-state index in [-0.39, 0.29) is 29.7 Å². The molecule has 0 bridgehead atoms. The van der Waals surface area contributed by atoms with Crippen LogP contribution in [0.2, 0.25) is 0 Å². The van der Waals surface area contributed by atoms with E-state index < -0.39 is 6.04 Å². The van der Waals surface area contributed by atoms with E-state index in [0.717, 1.165) is 4.90 Å². The summed E-state index contributed by atoms with van der Waals surface area (Å²) in [5.74, 6) is -0.653. The van der Waals surface area contributed by atoms with Gasteiger partial charge < -0.3 is 14.8 Å². The molecule has 150 valence electrons. The number of amides is 4. The highest BCUT2D eigenvalue weighted by molar-refractivity contribution is 6.21. The Hall–Kier alpha value is -3.42. The minimum Gasteiger partial charge on any atom is -0.348 e. The van der Waals surface area contributed by atoms with Gasteiger partial charge >= 0.3 is 6.03 Å². The van der Waals surface area contributed by atoms with E-state index in [0.29, 0.717) is 36.3 Å². The summed E-state index contributed by atoms with van der Waals surface area (Å²) in [7, 11) is 1.80. The predicted molar refractivity (Wildman–Crippen MR) is 106 cm³/mol. The fourth-order valence-electron chi connectivity index (χ4n) is 3.99. The van der Waals surface area contributed by atoms with Crippen molar-refractivity contribution in [2.24, 2.45) is 7.05 Å². The van der Waals surface area contributed by atoms with Gasteiger partial charge in [-0.15, -0.1) is 0 Å². The molecule has 2 unspecified atom stereocenters. The molecule has 0 aliphatic carbocycles. The zero-order valence-corrected chi connectivity index (χ0v) is 16.3. The number of Topliss-reactive ketones (excluding diaryl/α,β-unsaturated/α-hetero) is 1. The molecule has 4 amide bonds. The molecule has 4 rings (SSSR count). The number of aryl methyl sites for hydroxylation is 1. The van der Waals surface area contributed by atoms with E-state index in [4.69, 9.17) is 0 Å². The summed E-state index contributed by atoms with van der Waals surface area (Å²) in [5.41, 5.74) is 1.39. The molecular weight excluding hydrogens is 372 g/mol. The molecule has 3 heterocycles. The van der Waals surface area contributed by atoms with Gasteiger partial charge in [0.25, 0.3) is 11.8 Å². The number of fused-ring (bicyclic) bond motifs is 1. The zero-order chi connectivity index (χ0) is 20.7. The number of anilines is 1. The quantitative estimate of drug-likeness (QED) is 0.634. The maximum absolute atomic E-state index is 13.0. The summed E-state index contributed by atoms with van der Waals surface area (Å²) in [6.45, 7) is 1.83. The first-order valence-corrected chi connectivity index (χ1v) is 9.54. The number of benzene rings is 1. The Balaban J connectivity index is 1.51. The van der Waals surface area contributed by atoms with Gasteiger partial charge in [-0.2, -0.15) is 0 Å². The number of rotatable bonds is 4.